The third kappa shape index (κ3) is 3.15. The highest BCUT2D eigenvalue weighted by Crippen LogP contribution is 2.41. The minimum absolute atomic E-state index is 0.603. The molecule has 0 N–H and O–H groups in total. The van der Waals surface area contributed by atoms with Gasteiger partial charge in [-0.2, -0.15) is 26.3 Å². The molecule has 0 aromatic heterocycles. The zero-order valence-electron chi connectivity index (χ0n) is 5.84. The monoisotopic (exact) mass is 192 g/mol. The van der Waals surface area contributed by atoms with Gasteiger partial charge in [0.25, 0.3) is 0 Å². The molecule has 12 heavy (non-hydrogen) atoms. The van der Waals surface area contributed by atoms with Crippen molar-refractivity contribution < 1.29 is 26.3 Å². The molecule has 0 bridgehead atoms. The summed E-state index contributed by atoms with van der Waals surface area (Å²) in [4.78, 5) is 0. The smallest absolute Gasteiger partial charge is 0.170 e. The number of rotatable bonds is 2. The summed E-state index contributed by atoms with van der Waals surface area (Å²) in [5.41, 5.74) is 0. The van der Waals surface area contributed by atoms with Gasteiger partial charge in [-0.25, -0.2) is 0 Å². The fourth-order valence-electron chi connectivity index (χ4n) is 0.620. The Balaban J connectivity index is 4.56. The van der Waals surface area contributed by atoms with Crippen LogP contribution < -0.4 is 0 Å². The van der Waals surface area contributed by atoms with E-state index in [-0.39, 0.29) is 0 Å². The first kappa shape index (κ1) is 11.3. The summed E-state index contributed by atoms with van der Waals surface area (Å²) in [5.74, 6) is -3.29. The van der Waals surface area contributed by atoms with E-state index in [2.05, 4.69) is 6.58 Å². The molecule has 0 aromatic carbocycles. The van der Waals surface area contributed by atoms with Crippen LogP contribution in [-0.4, -0.2) is 12.4 Å². The molecule has 0 atom stereocenters. The molecule has 0 nitrogen and oxygen atoms in total. The molecule has 0 aromatic rings. The van der Waals surface area contributed by atoms with Crippen molar-refractivity contribution in [1.82, 2.24) is 0 Å². The largest absolute Gasteiger partial charge is 0.400 e. The first-order valence-electron chi connectivity index (χ1n) is 2.94. The number of allylic oxidation sites excluding steroid dienone is 1. The molecule has 0 radical (unpaired) electrons. The molecule has 0 saturated carbocycles. The number of hydrogen-bond donors (Lipinski definition) is 0. The summed E-state index contributed by atoms with van der Waals surface area (Å²) in [6, 6.07) is 0. The van der Waals surface area contributed by atoms with Crippen molar-refractivity contribution >= 4 is 0 Å². The Morgan fingerprint density at radius 2 is 1.33 bits per heavy atom. The third-order valence-electron chi connectivity index (χ3n) is 1.19. The highest BCUT2D eigenvalue weighted by atomic mass is 19.4. The maximum Gasteiger partial charge on any atom is 0.400 e. The molecule has 72 valence electrons. The van der Waals surface area contributed by atoms with Gasteiger partial charge in [-0.1, -0.05) is 6.08 Å². The first-order valence-corrected chi connectivity index (χ1v) is 2.94. The van der Waals surface area contributed by atoms with E-state index < -0.39 is 24.7 Å². The molecule has 0 aliphatic rings. The Morgan fingerprint density at radius 1 is 1.00 bits per heavy atom. The molecule has 0 amide bonds. The highest BCUT2D eigenvalue weighted by molar-refractivity contribution is 4.82. The van der Waals surface area contributed by atoms with Crippen LogP contribution in [0.3, 0.4) is 0 Å². The van der Waals surface area contributed by atoms with Crippen LogP contribution in [0.2, 0.25) is 0 Å². The molecule has 0 aliphatic heterocycles. The molecular formula is C6H6F6. The van der Waals surface area contributed by atoms with Crippen molar-refractivity contribution in [3.63, 3.8) is 0 Å². The lowest BCUT2D eigenvalue weighted by molar-refractivity contribution is -0.282. The maximum atomic E-state index is 11.6. The quantitative estimate of drug-likeness (QED) is 0.465. The molecule has 0 saturated heterocycles. The van der Waals surface area contributed by atoms with Crippen LogP contribution >= 0.6 is 0 Å². The van der Waals surface area contributed by atoms with Crippen LogP contribution in [0.5, 0.6) is 0 Å². The fourth-order valence-corrected chi connectivity index (χ4v) is 0.620. The first-order chi connectivity index (χ1) is 5.19. The number of halogens is 6. The van der Waals surface area contributed by atoms with Gasteiger partial charge in [0, 0.05) is 0 Å². The van der Waals surface area contributed by atoms with E-state index in [9.17, 15) is 26.3 Å². The molecule has 0 fully saturated rings. The van der Waals surface area contributed by atoms with Crippen LogP contribution in [0.15, 0.2) is 12.7 Å². The van der Waals surface area contributed by atoms with Crippen molar-refractivity contribution in [1.29, 1.82) is 0 Å². The number of alkyl halides is 6. The van der Waals surface area contributed by atoms with Crippen molar-refractivity contribution in [2.45, 2.75) is 18.8 Å². The van der Waals surface area contributed by atoms with Crippen LogP contribution in [0.1, 0.15) is 6.42 Å². The van der Waals surface area contributed by atoms with Crippen LogP contribution in [0.25, 0.3) is 0 Å². The van der Waals surface area contributed by atoms with Gasteiger partial charge in [0.05, 0.1) is 0 Å². The predicted octanol–water partition coefficient (Wildman–Crippen LogP) is 3.30. The van der Waals surface area contributed by atoms with Crippen molar-refractivity contribution in [2.75, 3.05) is 0 Å². The Kier molecular flexibility index (Phi) is 3.17. The predicted molar refractivity (Wildman–Crippen MR) is 30.4 cm³/mol. The Morgan fingerprint density at radius 3 is 1.42 bits per heavy atom. The van der Waals surface area contributed by atoms with Gasteiger partial charge in [0.2, 0.25) is 0 Å². The van der Waals surface area contributed by atoms with Gasteiger partial charge in [-0.15, -0.1) is 6.58 Å². The summed E-state index contributed by atoms with van der Waals surface area (Å²) >= 11 is 0. The van der Waals surface area contributed by atoms with E-state index in [1.165, 1.54) is 0 Å². The van der Waals surface area contributed by atoms with Crippen LogP contribution in [0, 0.1) is 5.92 Å². The summed E-state index contributed by atoms with van der Waals surface area (Å²) in [7, 11) is 0. The topological polar surface area (TPSA) is 0 Å². The summed E-state index contributed by atoms with van der Waals surface area (Å²) < 4.78 is 69.8. The van der Waals surface area contributed by atoms with E-state index in [0.29, 0.717) is 6.08 Å². The van der Waals surface area contributed by atoms with E-state index in [0.717, 1.165) is 0 Å². The normalized spacial score (nSPS) is 13.6. The molecule has 0 unspecified atom stereocenters. The average molecular weight is 192 g/mol. The Labute approximate surface area is 64.9 Å². The van der Waals surface area contributed by atoms with Gasteiger partial charge in [-0.05, 0) is 6.42 Å². The van der Waals surface area contributed by atoms with Crippen molar-refractivity contribution in [2.24, 2.45) is 5.92 Å². The van der Waals surface area contributed by atoms with Crippen LogP contribution in [-0.2, 0) is 0 Å². The molecular weight excluding hydrogens is 186 g/mol. The van der Waals surface area contributed by atoms with E-state index in [1.54, 1.807) is 0 Å². The van der Waals surface area contributed by atoms with Crippen molar-refractivity contribution in [3.8, 4) is 0 Å². The standard InChI is InChI=1S/C6H6F6/c1-2-3-4(5(7,8)9)6(10,11)12/h2,4H,1,3H2. The maximum absolute atomic E-state index is 11.6. The second-order valence-electron chi connectivity index (χ2n) is 2.16. The Hall–Kier alpha value is -0.680. The van der Waals surface area contributed by atoms with Crippen molar-refractivity contribution in [3.05, 3.63) is 12.7 Å². The SMILES string of the molecule is C=CCC(C(F)(F)F)C(F)(F)F. The van der Waals surface area contributed by atoms with Gasteiger partial charge < -0.3 is 0 Å². The van der Waals surface area contributed by atoms with Gasteiger partial charge in [-0.3, -0.25) is 0 Å². The molecule has 0 aliphatic carbocycles. The molecule has 0 spiro atoms. The van der Waals surface area contributed by atoms with Gasteiger partial charge in [0.1, 0.15) is 0 Å². The minimum Gasteiger partial charge on any atom is -0.170 e. The number of hydrogen-bond acceptors (Lipinski definition) is 0. The third-order valence-corrected chi connectivity index (χ3v) is 1.19. The van der Waals surface area contributed by atoms with E-state index in [1.807, 2.05) is 0 Å². The highest BCUT2D eigenvalue weighted by Gasteiger charge is 2.55. The van der Waals surface area contributed by atoms with E-state index in [4.69, 9.17) is 0 Å². The van der Waals surface area contributed by atoms with Gasteiger partial charge in [0.15, 0.2) is 5.92 Å². The molecule has 0 rings (SSSR count). The summed E-state index contributed by atoms with van der Waals surface area (Å²) in [5, 5.41) is 0. The summed E-state index contributed by atoms with van der Waals surface area (Å²) in [6.07, 6.45) is -11.0. The zero-order chi connectivity index (χ0) is 9.99. The second-order valence-corrected chi connectivity index (χ2v) is 2.16. The average Bonchev–Trinajstić information content (AvgIpc) is 1.77. The second kappa shape index (κ2) is 3.37. The zero-order valence-corrected chi connectivity index (χ0v) is 5.84. The summed E-state index contributed by atoms with van der Waals surface area (Å²) in [6.45, 7) is 2.83. The molecule has 0 heterocycles. The van der Waals surface area contributed by atoms with Gasteiger partial charge >= 0.3 is 12.4 Å². The minimum atomic E-state index is -5.24. The Bertz CT molecular complexity index is 138. The lowest BCUT2D eigenvalue weighted by Crippen LogP contribution is -2.35. The van der Waals surface area contributed by atoms with E-state index >= 15 is 0 Å². The lowest BCUT2D eigenvalue weighted by Gasteiger charge is -2.21. The van der Waals surface area contributed by atoms with Crippen LogP contribution in [0.4, 0.5) is 26.3 Å². The lowest BCUT2D eigenvalue weighted by atomic mass is 10.1. The molecule has 6 heteroatoms. The fraction of sp³-hybridized carbons (Fsp3) is 0.667.